The average molecular weight is 266 g/mol. The van der Waals surface area contributed by atoms with Gasteiger partial charge < -0.3 is 9.73 Å². The van der Waals surface area contributed by atoms with Gasteiger partial charge in [0.05, 0.1) is 17.1 Å². The Labute approximate surface area is 111 Å². The minimum atomic E-state index is 0.0129. The lowest BCUT2D eigenvalue weighted by atomic mass is 10.1. The molecule has 0 amide bonds. The average Bonchev–Trinajstić information content (AvgIpc) is 2.75. The molecule has 0 saturated carbocycles. The second-order valence-electron chi connectivity index (χ2n) is 5.08. The van der Waals surface area contributed by atoms with Crippen molar-refractivity contribution in [2.75, 3.05) is 0 Å². The molecule has 0 radical (unpaired) electrons. The second kappa shape index (κ2) is 5.08. The van der Waals surface area contributed by atoms with Gasteiger partial charge in [-0.15, -0.1) is 10.2 Å². The summed E-state index contributed by atoms with van der Waals surface area (Å²) in [4.78, 5) is 0. The quantitative estimate of drug-likeness (QED) is 0.925. The summed E-state index contributed by atoms with van der Waals surface area (Å²) in [5.41, 5.74) is 0.771. The van der Waals surface area contributed by atoms with Crippen LogP contribution < -0.4 is 5.32 Å². The minimum absolute atomic E-state index is 0.0129. The lowest BCUT2D eigenvalue weighted by molar-refractivity contribution is 0.383. The van der Waals surface area contributed by atoms with Crippen molar-refractivity contribution in [1.29, 1.82) is 0 Å². The van der Waals surface area contributed by atoms with Gasteiger partial charge in [-0.05, 0) is 32.9 Å². The van der Waals surface area contributed by atoms with Crippen molar-refractivity contribution in [1.82, 2.24) is 15.5 Å². The van der Waals surface area contributed by atoms with Crippen molar-refractivity contribution in [3.63, 3.8) is 0 Å². The van der Waals surface area contributed by atoms with Crippen LogP contribution >= 0.6 is 11.6 Å². The Bertz CT molecular complexity index is 531. The second-order valence-corrected chi connectivity index (χ2v) is 5.49. The van der Waals surface area contributed by atoms with Crippen molar-refractivity contribution < 1.29 is 4.42 Å². The number of hydrogen-bond donors (Lipinski definition) is 1. The maximum absolute atomic E-state index is 6.07. The summed E-state index contributed by atoms with van der Waals surface area (Å²) in [6.45, 7) is 6.79. The van der Waals surface area contributed by atoms with Gasteiger partial charge in [-0.3, -0.25) is 0 Å². The number of nitrogens with zero attached hydrogens (tertiary/aromatic N) is 2. The van der Waals surface area contributed by atoms with E-state index in [4.69, 9.17) is 16.0 Å². The molecule has 0 spiro atoms. The van der Waals surface area contributed by atoms with Crippen LogP contribution in [0, 0.1) is 0 Å². The largest absolute Gasteiger partial charge is 0.419 e. The van der Waals surface area contributed by atoms with E-state index in [0.29, 0.717) is 23.3 Å². The molecule has 5 heteroatoms. The zero-order valence-electron chi connectivity index (χ0n) is 10.7. The van der Waals surface area contributed by atoms with E-state index in [-0.39, 0.29) is 5.54 Å². The molecular weight excluding hydrogens is 250 g/mol. The topological polar surface area (TPSA) is 51.0 Å². The van der Waals surface area contributed by atoms with Gasteiger partial charge in [0.25, 0.3) is 0 Å². The summed E-state index contributed by atoms with van der Waals surface area (Å²) in [5.74, 6) is 1.01. The predicted octanol–water partition coefficient (Wildman–Crippen LogP) is 3.28. The lowest BCUT2D eigenvalue weighted by Gasteiger charge is -2.18. The highest BCUT2D eigenvalue weighted by Gasteiger charge is 2.14. The molecule has 0 unspecified atom stereocenters. The smallest absolute Gasteiger partial charge is 0.249 e. The highest BCUT2D eigenvalue weighted by molar-refractivity contribution is 6.33. The van der Waals surface area contributed by atoms with E-state index in [1.807, 2.05) is 18.2 Å². The first-order valence-electron chi connectivity index (χ1n) is 5.78. The van der Waals surface area contributed by atoms with Crippen LogP contribution in [0.4, 0.5) is 0 Å². The summed E-state index contributed by atoms with van der Waals surface area (Å²) in [5, 5.41) is 11.9. The number of rotatable bonds is 3. The van der Waals surface area contributed by atoms with Crippen LogP contribution in [0.2, 0.25) is 5.02 Å². The Balaban J connectivity index is 2.14. The van der Waals surface area contributed by atoms with Crippen LogP contribution in [0.5, 0.6) is 0 Å². The van der Waals surface area contributed by atoms with Gasteiger partial charge in [0.1, 0.15) is 0 Å². The number of nitrogens with one attached hydrogen (secondary N) is 1. The van der Waals surface area contributed by atoms with E-state index in [1.54, 1.807) is 6.07 Å². The molecule has 0 fully saturated rings. The van der Waals surface area contributed by atoms with Crippen LogP contribution in [0.25, 0.3) is 11.5 Å². The molecule has 1 N–H and O–H groups in total. The van der Waals surface area contributed by atoms with E-state index in [9.17, 15) is 0 Å². The fourth-order valence-corrected chi connectivity index (χ4v) is 1.63. The summed E-state index contributed by atoms with van der Waals surface area (Å²) in [7, 11) is 0. The van der Waals surface area contributed by atoms with E-state index < -0.39 is 0 Å². The Morgan fingerprint density at radius 2 is 1.94 bits per heavy atom. The summed E-state index contributed by atoms with van der Waals surface area (Å²) < 4.78 is 5.58. The van der Waals surface area contributed by atoms with Crippen LogP contribution in [0.15, 0.2) is 28.7 Å². The highest BCUT2D eigenvalue weighted by Crippen LogP contribution is 2.26. The molecule has 2 aromatic rings. The lowest BCUT2D eigenvalue weighted by Crippen LogP contribution is -2.35. The third kappa shape index (κ3) is 3.31. The number of aromatic nitrogens is 2. The minimum Gasteiger partial charge on any atom is -0.419 e. The Morgan fingerprint density at radius 1 is 1.22 bits per heavy atom. The maximum atomic E-state index is 6.07. The third-order valence-electron chi connectivity index (χ3n) is 2.34. The first-order valence-corrected chi connectivity index (χ1v) is 6.16. The Morgan fingerprint density at radius 3 is 2.61 bits per heavy atom. The normalized spacial score (nSPS) is 11.8. The molecule has 0 atom stereocenters. The fraction of sp³-hybridized carbons (Fsp3) is 0.385. The molecule has 1 aromatic carbocycles. The van der Waals surface area contributed by atoms with Gasteiger partial charge in [-0.25, -0.2) is 0 Å². The van der Waals surface area contributed by atoms with Crippen LogP contribution in [0.1, 0.15) is 26.7 Å². The molecule has 0 bridgehead atoms. The van der Waals surface area contributed by atoms with Gasteiger partial charge in [-0.1, -0.05) is 23.7 Å². The Hall–Kier alpha value is -1.39. The molecule has 2 rings (SSSR count). The molecule has 1 aromatic heterocycles. The van der Waals surface area contributed by atoms with E-state index >= 15 is 0 Å². The summed E-state index contributed by atoms with van der Waals surface area (Å²) in [6.07, 6.45) is 0. The SMILES string of the molecule is CC(C)(C)NCc1nnc(-c2ccccc2Cl)o1. The van der Waals surface area contributed by atoms with Gasteiger partial charge in [0, 0.05) is 5.54 Å². The molecule has 0 aliphatic heterocycles. The fourth-order valence-electron chi connectivity index (χ4n) is 1.41. The Kier molecular flexibility index (Phi) is 3.68. The van der Waals surface area contributed by atoms with E-state index in [2.05, 4.69) is 36.3 Å². The first-order chi connectivity index (χ1) is 8.46. The van der Waals surface area contributed by atoms with Crippen LogP contribution in [-0.4, -0.2) is 15.7 Å². The molecule has 1 heterocycles. The van der Waals surface area contributed by atoms with E-state index in [1.165, 1.54) is 0 Å². The van der Waals surface area contributed by atoms with Crippen molar-refractivity contribution >= 4 is 11.6 Å². The predicted molar refractivity (Wildman–Crippen MR) is 71.3 cm³/mol. The van der Waals surface area contributed by atoms with Gasteiger partial charge in [-0.2, -0.15) is 0 Å². The first kappa shape index (κ1) is 13.1. The van der Waals surface area contributed by atoms with Gasteiger partial charge in [0.2, 0.25) is 11.8 Å². The van der Waals surface area contributed by atoms with Crippen LogP contribution in [0.3, 0.4) is 0 Å². The molecule has 0 saturated heterocycles. The molecule has 0 aliphatic rings. The number of halogens is 1. The van der Waals surface area contributed by atoms with Crippen LogP contribution in [-0.2, 0) is 6.54 Å². The third-order valence-corrected chi connectivity index (χ3v) is 2.67. The summed E-state index contributed by atoms with van der Waals surface area (Å²) >= 11 is 6.07. The monoisotopic (exact) mass is 265 g/mol. The zero-order chi connectivity index (χ0) is 13.2. The van der Waals surface area contributed by atoms with Crippen molar-refractivity contribution in [2.24, 2.45) is 0 Å². The zero-order valence-corrected chi connectivity index (χ0v) is 11.5. The highest BCUT2D eigenvalue weighted by atomic mass is 35.5. The van der Waals surface area contributed by atoms with Crippen molar-refractivity contribution in [2.45, 2.75) is 32.9 Å². The standard InChI is InChI=1S/C13H16ClN3O/c1-13(2,3)15-8-11-16-17-12(18-11)9-6-4-5-7-10(9)14/h4-7,15H,8H2,1-3H3. The number of benzene rings is 1. The van der Waals surface area contributed by atoms with Crippen molar-refractivity contribution in [3.8, 4) is 11.5 Å². The molecule has 96 valence electrons. The molecular formula is C13H16ClN3O. The molecule has 0 aliphatic carbocycles. The van der Waals surface area contributed by atoms with E-state index in [0.717, 1.165) is 5.56 Å². The van der Waals surface area contributed by atoms with Crippen molar-refractivity contribution in [3.05, 3.63) is 35.2 Å². The van der Waals surface area contributed by atoms with Gasteiger partial charge in [0.15, 0.2) is 0 Å². The summed E-state index contributed by atoms with van der Waals surface area (Å²) in [6, 6.07) is 7.41. The van der Waals surface area contributed by atoms with Gasteiger partial charge >= 0.3 is 0 Å². The molecule has 18 heavy (non-hydrogen) atoms. The maximum Gasteiger partial charge on any atom is 0.249 e. The number of hydrogen-bond acceptors (Lipinski definition) is 4. The molecule has 4 nitrogen and oxygen atoms in total.